The predicted octanol–water partition coefficient (Wildman–Crippen LogP) is 4.08. The van der Waals surface area contributed by atoms with Crippen LogP contribution in [0.5, 0.6) is 0 Å². The molecule has 1 rings (SSSR count). The van der Waals surface area contributed by atoms with E-state index < -0.39 is 0 Å². The fraction of sp³-hybridized carbons (Fsp3) is 0.438. The van der Waals surface area contributed by atoms with E-state index in [1.54, 1.807) is 6.08 Å². The Morgan fingerprint density at radius 3 is 2.61 bits per heavy atom. The SMILES string of the molecule is C=CC(C(=O)OCCCCCC)c1ccccc1. The van der Waals surface area contributed by atoms with E-state index in [0.29, 0.717) is 6.61 Å². The minimum Gasteiger partial charge on any atom is -0.465 e. The molecule has 0 radical (unpaired) electrons. The minimum absolute atomic E-state index is 0.201. The Kier molecular flexibility index (Phi) is 6.85. The monoisotopic (exact) mass is 246 g/mol. The Balaban J connectivity index is 2.41. The van der Waals surface area contributed by atoms with Gasteiger partial charge in [-0.25, -0.2) is 0 Å². The highest BCUT2D eigenvalue weighted by molar-refractivity contribution is 5.80. The number of rotatable bonds is 8. The van der Waals surface area contributed by atoms with E-state index in [1.807, 2.05) is 30.3 Å². The maximum Gasteiger partial charge on any atom is 0.317 e. The zero-order chi connectivity index (χ0) is 13.2. The van der Waals surface area contributed by atoms with E-state index in [-0.39, 0.29) is 11.9 Å². The molecule has 1 aromatic rings. The third-order valence-electron chi connectivity index (χ3n) is 2.89. The normalized spacial score (nSPS) is 11.8. The van der Waals surface area contributed by atoms with Gasteiger partial charge in [0.15, 0.2) is 0 Å². The van der Waals surface area contributed by atoms with Crippen LogP contribution in [-0.4, -0.2) is 12.6 Å². The molecule has 2 heteroatoms. The molecule has 0 bridgehead atoms. The molecular weight excluding hydrogens is 224 g/mol. The average molecular weight is 246 g/mol. The number of unbranched alkanes of at least 4 members (excludes halogenated alkanes) is 3. The Bertz CT molecular complexity index is 357. The summed E-state index contributed by atoms with van der Waals surface area (Å²) >= 11 is 0. The summed E-state index contributed by atoms with van der Waals surface area (Å²) in [6.45, 7) is 6.39. The molecule has 98 valence electrons. The van der Waals surface area contributed by atoms with Gasteiger partial charge < -0.3 is 4.74 Å². The van der Waals surface area contributed by atoms with E-state index in [4.69, 9.17) is 4.74 Å². The van der Waals surface area contributed by atoms with Crippen molar-refractivity contribution >= 4 is 5.97 Å². The van der Waals surface area contributed by atoms with Gasteiger partial charge in [0, 0.05) is 0 Å². The zero-order valence-corrected chi connectivity index (χ0v) is 11.1. The van der Waals surface area contributed by atoms with Crippen molar-refractivity contribution in [2.75, 3.05) is 6.61 Å². The Morgan fingerprint density at radius 1 is 1.28 bits per heavy atom. The van der Waals surface area contributed by atoms with E-state index >= 15 is 0 Å². The van der Waals surface area contributed by atoms with Crippen molar-refractivity contribution in [2.24, 2.45) is 0 Å². The van der Waals surface area contributed by atoms with Crippen molar-refractivity contribution in [2.45, 2.75) is 38.5 Å². The number of hydrogen-bond acceptors (Lipinski definition) is 2. The van der Waals surface area contributed by atoms with Crippen LogP contribution in [0, 0.1) is 0 Å². The molecule has 0 aromatic heterocycles. The first-order chi connectivity index (χ1) is 8.79. The van der Waals surface area contributed by atoms with Crippen molar-refractivity contribution < 1.29 is 9.53 Å². The van der Waals surface area contributed by atoms with Gasteiger partial charge in [-0.15, -0.1) is 6.58 Å². The molecule has 1 atom stereocenters. The Morgan fingerprint density at radius 2 is 2.00 bits per heavy atom. The highest BCUT2D eigenvalue weighted by Crippen LogP contribution is 2.18. The van der Waals surface area contributed by atoms with Gasteiger partial charge in [-0.3, -0.25) is 4.79 Å². The quantitative estimate of drug-likeness (QED) is 0.392. The molecule has 1 aromatic carbocycles. The highest BCUT2D eigenvalue weighted by Gasteiger charge is 2.17. The molecule has 0 amide bonds. The van der Waals surface area contributed by atoms with E-state index in [2.05, 4.69) is 13.5 Å². The second-order valence-corrected chi connectivity index (χ2v) is 4.35. The third-order valence-corrected chi connectivity index (χ3v) is 2.89. The maximum atomic E-state index is 11.9. The fourth-order valence-corrected chi connectivity index (χ4v) is 1.82. The summed E-state index contributed by atoms with van der Waals surface area (Å²) in [5.74, 6) is -0.551. The zero-order valence-electron chi connectivity index (χ0n) is 11.1. The number of hydrogen-bond donors (Lipinski definition) is 0. The molecular formula is C16H22O2. The summed E-state index contributed by atoms with van der Waals surface area (Å²) in [6.07, 6.45) is 6.09. The van der Waals surface area contributed by atoms with Gasteiger partial charge in [-0.1, -0.05) is 62.6 Å². The van der Waals surface area contributed by atoms with Crippen LogP contribution in [-0.2, 0) is 9.53 Å². The molecule has 2 nitrogen and oxygen atoms in total. The predicted molar refractivity (Wildman–Crippen MR) is 74.5 cm³/mol. The van der Waals surface area contributed by atoms with Gasteiger partial charge >= 0.3 is 5.97 Å². The van der Waals surface area contributed by atoms with Crippen LogP contribution in [0.3, 0.4) is 0 Å². The van der Waals surface area contributed by atoms with Crippen LogP contribution in [0.1, 0.15) is 44.1 Å². The molecule has 0 saturated carbocycles. The first kappa shape index (κ1) is 14.5. The second-order valence-electron chi connectivity index (χ2n) is 4.35. The highest BCUT2D eigenvalue weighted by atomic mass is 16.5. The smallest absolute Gasteiger partial charge is 0.317 e. The lowest BCUT2D eigenvalue weighted by Gasteiger charge is -2.12. The molecule has 0 saturated heterocycles. The largest absolute Gasteiger partial charge is 0.465 e. The number of benzene rings is 1. The molecule has 0 aliphatic heterocycles. The van der Waals surface area contributed by atoms with Crippen LogP contribution in [0.4, 0.5) is 0 Å². The molecule has 1 unspecified atom stereocenters. The molecule has 0 fully saturated rings. The van der Waals surface area contributed by atoms with Gasteiger partial charge in [0.05, 0.1) is 12.5 Å². The fourth-order valence-electron chi connectivity index (χ4n) is 1.82. The topological polar surface area (TPSA) is 26.3 Å². The van der Waals surface area contributed by atoms with Crippen LogP contribution in [0.15, 0.2) is 43.0 Å². The van der Waals surface area contributed by atoms with Gasteiger partial charge in [-0.05, 0) is 12.0 Å². The van der Waals surface area contributed by atoms with Crippen molar-refractivity contribution in [3.05, 3.63) is 48.6 Å². The van der Waals surface area contributed by atoms with Gasteiger partial charge in [0.25, 0.3) is 0 Å². The number of carbonyl (C=O) groups excluding carboxylic acids is 1. The molecule has 0 heterocycles. The van der Waals surface area contributed by atoms with E-state index in [1.165, 1.54) is 12.8 Å². The molecule has 18 heavy (non-hydrogen) atoms. The summed E-state index contributed by atoms with van der Waals surface area (Å²) in [7, 11) is 0. The number of carbonyl (C=O) groups is 1. The summed E-state index contributed by atoms with van der Waals surface area (Å²) < 4.78 is 5.29. The Hall–Kier alpha value is -1.57. The van der Waals surface area contributed by atoms with E-state index in [0.717, 1.165) is 18.4 Å². The number of ether oxygens (including phenoxy) is 1. The molecule has 0 spiro atoms. The Labute approximate surface area is 110 Å². The lowest BCUT2D eigenvalue weighted by atomic mass is 10.00. The summed E-state index contributed by atoms with van der Waals surface area (Å²) in [6, 6.07) is 9.61. The van der Waals surface area contributed by atoms with Crippen molar-refractivity contribution in [1.82, 2.24) is 0 Å². The second kappa shape index (κ2) is 8.51. The van der Waals surface area contributed by atoms with Crippen LogP contribution in [0.2, 0.25) is 0 Å². The van der Waals surface area contributed by atoms with Crippen LogP contribution >= 0.6 is 0 Å². The van der Waals surface area contributed by atoms with Gasteiger partial charge in [0.1, 0.15) is 0 Å². The lowest BCUT2D eigenvalue weighted by Crippen LogP contribution is -2.14. The van der Waals surface area contributed by atoms with Crippen molar-refractivity contribution in [3.8, 4) is 0 Å². The van der Waals surface area contributed by atoms with Crippen LogP contribution in [0.25, 0.3) is 0 Å². The van der Waals surface area contributed by atoms with E-state index in [9.17, 15) is 4.79 Å². The first-order valence-electron chi connectivity index (χ1n) is 6.63. The van der Waals surface area contributed by atoms with Gasteiger partial charge in [0.2, 0.25) is 0 Å². The lowest BCUT2D eigenvalue weighted by molar-refractivity contribution is -0.144. The molecule has 0 aliphatic carbocycles. The number of esters is 1. The molecule has 0 aliphatic rings. The summed E-state index contributed by atoms with van der Waals surface area (Å²) in [4.78, 5) is 11.9. The summed E-state index contributed by atoms with van der Waals surface area (Å²) in [5, 5.41) is 0. The van der Waals surface area contributed by atoms with Gasteiger partial charge in [-0.2, -0.15) is 0 Å². The van der Waals surface area contributed by atoms with Crippen LogP contribution < -0.4 is 0 Å². The summed E-state index contributed by atoms with van der Waals surface area (Å²) in [5.41, 5.74) is 0.936. The third kappa shape index (κ3) is 4.74. The van der Waals surface area contributed by atoms with Crippen molar-refractivity contribution in [1.29, 1.82) is 0 Å². The maximum absolute atomic E-state index is 11.9. The average Bonchev–Trinajstić information content (AvgIpc) is 2.40. The standard InChI is InChI=1S/C16H22O2/c1-3-5-6-10-13-18-16(17)15(4-2)14-11-8-7-9-12-14/h4,7-9,11-12,15H,2-3,5-6,10,13H2,1H3. The minimum atomic E-state index is -0.350. The van der Waals surface area contributed by atoms with Crippen molar-refractivity contribution in [3.63, 3.8) is 0 Å². The first-order valence-corrected chi connectivity index (χ1v) is 6.63. The molecule has 0 N–H and O–H groups in total.